The molecule has 0 radical (unpaired) electrons. The highest BCUT2D eigenvalue weighted by Gasteiger charge is 2.28. The molecule has 1 saturated heterocycles. The number of hydrogen-bond acceptors (Lipinski definition) is 3. The van der Waals surface area contributed by atoms with Gasteiger partial charge < -0.3 is 9.80 Å². The molecular formula is C22H26N2O2. The highest BCUT2D eigenvalue weighted by molar-refractivity contribution is 5.97. The molecule has 1 aliphatic heterocycles. The van der Waals surface area contributed by atoms with Crippen molar-refractivity contribution in [3.63, 3.8) is 0 Å². The Balaban J connectivity index is 1.78. The number of amides is 1. The number of carbonyl (C=O) groups is 2. The fourth-order valence-electron chi connectivity index (χ4n) is 3.41. The smallest absolute Gasteiger partial charge is 0.253 e. The van der Waals surface area contributed by atoms with E-state index in [4.69, 9.17) is 0 Å². The minimum atomic E-state index is 0.0916. The van der Waals surface area contributed by atoms with Crippen LogP contribution in [0.5, 0.6) is 0 Å². The lowest BCUT2D eigenvalue weighted by Crippen LogP contribution is -2.34. The zero-order chi connectivity index (χ0) is 18.7. The molecule has 0 bridgehead atoms. The van der Waals surface area contributed by atoms with E-state index in [1.165, 1.54) is 0 Å². The molecule has 3 rings (SSSR count). The predicted molar refractivity (Wildman–Crippen MR) is 104 cm³/mol. The molecule has 0 N–H and O–H groups in total. The van der Waals surface area contributed by atoms with E-state index in [0.717, 1.165) is 41.8 Å². The Hall–Kier alpha value is -2.46. The summed E-state index contributed by atoms with van der Waals surface area (Å²) in [6.45, 7) is 3.45. The highest BCUT2D eigenvalue weighted by Crippen LogP contribution is 2.23. The molecule has 1 fully saturated rings. The van der Waals surface area contributed by atoms with Gasteiger partial charge in [-0.15, -0.1) is 0 Å². The summed E-state index contributed by atoms with van der Waals surface area (Å²) in [6, 6.07) is 15.8. The van der Waals surface area contributed by atoms with Crippen molar-refractivity contribution in [3.05, 3.63) is 59.7 Å². The third-order valence-corrected chi connectivity index (χ3v) is 5.15. The first-order valence-corrected chi connectivity index (χ1v) is 9.19. The quantitative estimate of drug-likeness (QED) is 0.772. The zero-order valence-corrected chi connectivity index (χ0v) is 15.7. The minimum absolute atomic E-state index is 0.0916. The summed E-state index contributed by atoms with van der Waals surface area (Å²) in [5, 5.41) is 0. The monoisotopic (exact) mass is 350 g/mol. The van der Waals surface area contributed by atoms with Gasteiger partial charge >= 0.3 is 0 Å². The first-order chi connectivity index (χ1) is 12.5. The van der Waals surface area contributed by atoms with Crippen LogP contribution in [0.1, 0.15) is 40.5 Å². The van der Waals surface area contributed by atoms with Gasteiger partial charge in [0, 0.05) is 36.7 Å². The Bertz CT molecular complexity index is 796. The summed E-state index contributed by atoms with van der Waals surface area (Å²) < 4.78 is 0. The van der Waals surface area contributed by atoms with Gasteiger partial charge in [-0.2, -0.15) is 0 Å². The third kappa shape index (κ3) is 3.86. The molecule has 1 atom stereocenters. The van der Waals surface area contributed by atoms with Crippen LogP contribution in [-0.2, 0) is 0 Å². The predicted octanol–water partition coefficient (Wildman–Crippen LogP) is 3.72. The van der Waals surface area contributed by atoms with E-state index >= 15 is 0 Å². The molecule has 1 heterocycles. The van der Waals surface area contributed by atoms with Gasteiger partial charge in [0.25, 0.3) is 5.91 Å². The van der Waals surface area contributed by atoms with Crippen LogP contribution in [0.15, 0.2) is 48.5 Å². The summed E-state index contributed by atoms with van der Waals surface area (Å²) in [4.78, 5) is 28.7. The summed E-state index contributed by atoms with van der Waals surface area (Å²) in [6.07, 6.45) is 1.53. The Morgan fingerprint density at radius 1 is 1.04 bits per heavy atom. The lowest BCUT2D eigenvalue weighted by atomic mass is 10.00. The van der Waals surface area contributed by atoms with Crippen LogP contribution < -0.4 is 0 Å². The second-order valence-corrected chi connectivity index (χ2v) is 7.09. The Labute approximate surface area is 155 Å². The van der Waals surface area contributed by atoms with Gasteiger partial charge in [-0.05, 0) is 43.8 Å². The van der Waals surface area contributed by atoms with Crippen molar-refractivity contribution in [1.82, 2.24) is 9.80 Å². The van der Waals surface area contributed by atoms with Crippen molar-refractivity contribution in [2.75, 3.05) is 27.2 Å². The van der Waals surface area contributed by atoms with Gasteiger partial charge in [0.05, 0.1) is 0 Å². The molecular weight excluding hydrogens is 324 g/mol. The molecule has 0 aliphatic carbocycles. The number of nitrogens with zero attached hydrogens (tertiary/aromatic N) is 2. The highest BCUT2D eigenvalue weighted by atomic mass is 16.2. The van der Waals surface area contributed by atoms with Gasteiger partial charge in [0.15, 0.2) is 5.78 Å². The van der Waals surface area contributed by atoms with Crippen molar-refractivity contribution < 1.29 is 9.59 Å². The maximum absolute atomic E-state index is 12.8. The van der Waals surface area contributed by atoms with E-state index < -0.39 is 0 Å². The number of hydrogen-bond donors (Lipinski definition) is 0. The van der Waals surface area contributed by atoms with Crippen LogP contribution in [0.2, 0.25) is 0 Å². The number of likely N-dealkylation sites (N-methyl/N-ethyl adjacent to an activating group) is 1. The summed E-state index contributed by atoms with van der Waals surface area (Å²) in [7, 11) is 4.12. The van der Waals surface area contributed by atoms with Crippen LogP contribution >= 0.6 is 0 Å². The van der Waals surface area contributed by atoms with Crippen LogP contribution in [0.4, 0.5) is 0 Å². The van der Waals surface area contributed by atoms with Crippen LogP contribution in [0.25, 0.3) is 11.1 Å². The Morgan fingerprint density at radius 3 is 2.38 bits per heavy atom. The van der Waals surface area contributed by atoms with E-state index in [2.05, 4.69) is 19.0 Å². The van der Waals surface area contributed by atoms with Crippen molar-refractivity contribution in [2.45, 2.75) is 25.8 Å². The molecule has 26 heavy (non-hydrogen) atoms. The van der Waals surface area contributed by atoms with E-state index in [0.29, 0.717) is 12.5 Å². The summed E-state index contributed by atoms with van der Waals surface area (Å²) in [5.41, 5.74) is 3.46. The van der Waals surface area contributed by atoms with Crippen LogP contribution in [0.3, 0.4) is 0 Å². The SMILES string of the molecule is CCC(=O)c1ccc(-c2cccc(C(=O)N3CC[C@H](N(C)C)C3)c2)cc1. The second kappa shape index (κ2) is 7.83. The summed E-state index contributed by atoms with van der Waals surface area (Å²) in [5.74, 6) is 0.235. The second-order valence-electron chi connectivity index (χ2n) is 7.09. The topological polar surface area (TPSA) is 40.6 Å². The fourth-order valence-corrected chi connectivity index (χ4v) is 3.41. The maximum atomic E-state index is 12.8. The van der Waals surface area contributed by atoms with E-state index in [1.54, 1.807) is 0 Å². The molecule has 0 saturated carbocycles. The average Bonchev–Trinajstić information content (AvgIpc) is 3.17. The number of Topliss-reactive ketones (excluding diaryl/α,β-unsaturated/α-hetero) is 1. The molecule has 2 aromatic rings. The first kappa shape index (κ1) is 18.3. The van der Waals surface area contributed by atoms with Crippen molar-refractivity contribution in [3.8, 4) is 11.1 Å². The van der Waals surface area contributed by atoms with Crippen LogP contribution in [0, 0.1) is 0 Å². The number of likely N-dealkylation sites (tertiary alicyclic amines) is 1. The molecule has 0 unspecified atom stereocenters. The van der Waals surface area contributed by atoms with E-state index in [9.17, 15) is 9.59 Å². The first-order valence-electron chi connectivity index (χ1n) is 9.19. The molecule has 1 amide bonds. The van der Waals surface area contributed by atoms with Gasteiger partial charge in [-0.25, -0.2) is 0 Å². The maximum Gasteiger partial charge on any atom is 0.253 e. The molecule has 4 nitrogen and oxygen atoms in total. The molecule has 1 aliphatic rings. The summed E-state index contributed by atoms with van der Waals surface area (Å²) >= 11 is 0. The van der Waals surface area contributed by atoms with Gasteiger partial charge in [0.1, 0.15) is 0 Å². The molecule has 0 spiro atoms. The Morgan fingerprint density at radius 2 is 1.77 bits per heavy atom. The van der Waals surface area contributed by atoms with Gasteiger partial charge in [0.2, 0.25) is 0 Å². The molecule has 2 aromatic carbocycles. The average molecular weight is 350 g/mol. The number of carbonyl (C=O) groups excluding carboxylic acids is 2. The number of rotatable bonds is 5. The van der Waals surface area contributed by atoms with Crippen molar-refractivity contribution >= 4 is 11.7 Å². The fraction of sp³-hybridized carbons (Fsp3) is 0.364. The minimum Gasteiger partial charge on any atom is -0.337 e. The standard InChI is InChI=1S/C22H26N2O2/c1-4-21(25)17-10-8-16(9-11-17)18-6-5-7-19(14-18)22(26)24-13-12-20(15-24)23(2)3/h5-11,14,20H,4,12-13,15H2,1-3H3/t20-/m0/s1. The number of benzene rings is 2. The molecule has 0 aromatic heterocycles. The van der Waals surface area contributed by atoms with E-state index in [1.807, 2.05) is 60.4 Å². The third-order valence-electron chi connectivity index (χ3n) is 5.15. The van der Waals surface area contributed by atoms with Crippen molar-refractivity contribution in [2.24, 2.45) is 0 Å². The lowest BCUT2D eigenvalue weighted by molar-refractivity contribution is 0.0783. The van der Waals surface area contributed by atoms with Crippen LogP contribution in [-0.4, -0.2) is 54.7 Å². The largest absolute Gasteiger partial charge is 0.337 e. The van der Waals surface area contributed by atoms with Crippen molar-refractivity contribution in [1.29, 1.82) is 0 Å². The van der Waals surface area contributed by atoms with Gasteiger partial charge in [-0.3, -0.25) is 9.59 Å². The lowest BCUT2D eigenvalue weighted by Gasteiger charge is -2.20. The molecule has 136 valence electrons. The number of ketones is 1. The van der Waals surface area contributed by atoms with Gasteiger partial charge in [-0.1, -0.05) is 43.3 Å². The zero-order valence-electron chi connectivity index (χ0n) is 15.7. The molecule has 4 heteroatoms. The van der Waals surface area contributed by atoms with E-state index in [-0.39, 0.29) is 11.7 Å². The Kier molecular flexibility index (Phi) is 5.52. The normalized spacial score (nSPS) is 16.9.